The largest absolute Gasteiger partial charge is 0.463 e. The van der Waals surface area contributed by atoms with Gasteiger partial charge in [-0.25, -0.2) is 10.7 Å². The van der Waals surface area contributed by atoms with Crippen LogP contribution in [0.25, 0.3) is 11.2 Å². The number of aromatic nitrogens is 4. The first-order valence-corrected chi connectivity index (χ1v) is 20.5. The molecule has 16 heteroatoms. The van der Waals surface area contributed by atoms with Gasteiger partial charge < -0.3 is 31.4 Å². The van der Waals surface area contributed by atoms with Crippen molar-refractivity contribution < 1.29 is 24.0 Å². The Labute approximate surface area is 331 Å². The number of nitrogens with two attached hydrogens (primary N) is 2. The maximum Gasteiger partial charge on any atom is 0.328 e. The van der Waals surface area contributed by atoms with Crippen molar-refractivity contribution in [3.05, 3.63) is 45.9 Å². The lowest BCUT2D eigenvalue weighted by Gasteiger charge is -2.32. The molecule has 0 saturated carbocycles. The number of fused-ring (bicyclic) bond motifs is 1. The van der Waals surface area contributed by atoms with Crippen LogP contribution in [-0.2, 0) is 32.3 Å². The van der Waals surface area contributed by atoms with Gasteiger partial charge in [0.05, 0.1) is 19.7 Å². The number of carbonyl (C=O) groups is 3. The number of H-pyrrole nitrogens is 1. The van der Waals surface area contributed by atoms with Crippen molar-refractivity contribution in [2.75, 3.05) is 51.7 Å². The van der Waals surface area contributed by atoms with E-state index in [1.54, 1.807) is 4.57 Å². The molecule has 0 atom stereocenters. The summed E-state index contributed by atoms with van der Waals surface area (Å²) >= 11 is 0. The SMILES string of the molecule is CCCCCCCC(=O)NCC(=O)NCCC1CCN(Cc2ccc(Cn3c(=O)[nH]c4c(N)nc(OCCCC)nc43)cc2)CC1.CCCCNC(=O)CON. The van der Waals surface area contributed by atoms with Crippen molar-refractivity contribution in [3.8, 4) is 6.01 Å². The fourth-order valence-corrected chi connectivity index (χ4v) is 6.34. The van der Waals surface area contributed by atoms with Gasteiger partial charge in [0.2, 0.25) is 17.7 Å². The Balaban J connectivity index is 0.000000739. The molecule has 16 nitrogen and oxygen atoms in total. The molecule has 2 aromatic heterocycles. The summed E-state index contributed by atoms with van der Waals surface area (Å²) in [5.74, 6) is 5.14. The highest BCUT2D eigenvalue weighted by molar-refractivity contribution is 5.84. The average molecular weight is 783 g/mol. The summed E-state index contributed by atoms with van der Waals surface area (Å²) in [4.78, 5) is 65.4. The first kappa shape index (κ1) is 45.8. The molecular formula is C40H66N10O6. The first-order chi connectivity index (χ1) is 27.2. The number of anilines is 1. The quantitative estimate of drug-likeness (QED) is 0.0564. The molecule has 3 aromatic rings. The number of benzene rings is 1. The monoisotopic (exact) mass is 783 g/mol. The van der Waals surface area contributed by atoms with Gasteiger partial charge in [-0.3, -0.25) is 28.7 Å². The van der Waals surface area contributed by atoms with E-state index in [4.69, 9.17) is 10.5 Å². The van der Waals surface area contributed by atoms with Crippen LogP contribution in [0.3, 0.4) is 0 Å². The number of nitrogens with zero attached hydrogens (tertiary/aromatic N) is 4. The zero-order chi connectivity index (χ0) is 40.5. The first-order valence-electron chi connectivity index (χ1n) is 20.5. The van der Waals surface area contributed by atoms with Crippen molar-refractivity contribution >= 4 is 34.7 Å². The summed E-state index contributed by atoms with van der Waals surface area (Å²) in [7, 11) is 0. The van der Waals surface area contributed by atoms with Gasteiger partial charge in [0.25, 0.3) is 0 Å². The number of amides is 3. The molecular weight excluding hydrogens is 717 g/mol. The standard InChI is InChI=1S/C34H52N8O4.C6H14N2O2/c1-3-5-7-8-9-10-28(43)37-22-29(44)36-18-15-25-16-19-41(20-17-25)23-26-11-13-27(14-12-26)24-42-32-30(38-34(42)45)31(35)39-33(40-32)46-21-6-4-2;1-2-3-4-8-6(9)5-10-7/h11-14,25H,3-10,15-24H2,1-2H3,(H,36,44)(H,37,43)(H,38,45)(H2,35,39,40);2-5,7H2,1H3,(H,8,9). The second-order valence-corrected chi connectivity index (χ2v) is 14.4. The van der Waals surface area contributed by atoms with Gasteiger partial charge in [0.1, 0.15) is 12.1 Å². The number of nitrogen functional groups attached to an aromatic ring is 1. The van der Waals surface area contributed by atoms with Crippen LogP contribution in [0.5, 0.6) is 6.01 Å². The maximum absolute atomic E-state index is 12.7. The van der Waals surface area contributed by atoms with Crippen LogP contribution in [0.15, 0.2) is 29.1 Å². The predicted octanol–water partition coefficient (Wildman–Crippen LogP) is 3.92. The topological polar surface area (TPSA) is 225 Å². The molecule has 1 fully saturated rings. The molecule has 1 aliphatic heterocycles. The summed E-state index contributed by atoms with van der Waals surface area (Å²) < 4.78 is 7.21. The molecule has 3 amide bonds. The maximum atomic E-state index is 12.7. The third-order valence-electron chi connectivity index (χ3n) is 9.73. The minimum Gasteiger partial charge on any atom is -0.463 e. The number of piperidine rings is 1. The van der Waals surface area contributed by atoms with E-state index in [0.717, 1.165) is 89.4 Å². The fourth-order valence-electron chi connectivity index (χ4n) is 6.34. The van der Waals surface area contributed by atoms with E-state index in [1.165, 1.54) is 18.4 Å². The zero-order valence-electron chi connectivity index (χ0n) is 33.8. The molecule has 0 spiro atoms. The lowest BCUT2D eigenvalue weighted by molar-refractivity contribution is -0.126. The number of imidazole rings is 1. The van der Waals surface area contributed by atoms with E-state index in [1.807, 2.05) is 0 Å². The summed E-state index contributed by atoms with van der Waals surface area (Å²) in [5.41, 5.74) is 8.86. The van der Waals surface area contributed by atoms with E-state index >= 15 is 0 Å². The van der Waals surface area contributed by atoms with Crippen LogP contribution in [0, 0.1) is 5.92 Å². The third-order valence-corrected chi connectivity index (χ3v) is 9.73. The number of carbonyl (C=O) groups excluding carboxylic acids is 3. The number of hydrogen-bond acceptors (Lipinski definition) is 11. The Bertz CT molecular complexity index is 1650. The second kappa shape index (κ2) is 26.3. The molecule has 1 saturated heterocycles. The van der Waals surface area contributed by atoms with Crippen molar-refractivity contribution in [3.63, 3.8) is 0 Å². The van der Waals surface area contributed by atoms with Crippen molar-refractivity contribution in [2.45, 2.75) is 117 Å². The number of rotatable bonds is 24. The van der Waals surface area contributed by atoms with Gasteiger partial charge in [0, 0.05) is 26.1 Å². The molecule has 4 rings (SSSR count). The molecule has 0 radical (unpaired) electrons. The van der Waals surface area contributed by atoms with Crippen LogP contribution in [-0.4, -0.2) is 88.1 Å². The number of unbranched alkanes of at least 4 members (excludes halogenated alkanes) is 6. The second-order valence-electron chi connectivity index (χ2n) is 14.4. The van der Waals surface area contributed by atoms with Gasteiger partial charge in [-0.05, 0) is 68.7 Å². The summed E-state index contributed by atoms with van der Waals surface area (Å²) in [6.45, 7) is 11.4. The highest BCUT2D eigenvalue weighted by atomic mass is 16.6. The normalized spacial score (nSPS) is 13.2. The smallest absolute Gasteiger partial charge is 0.328 e. The van der Waals surface area contributed by atoms with Gasteiger partial charge in [-0.1, -0.05) is 83.6 Å². The predicted molar refractivity (Wildman–Crippen MR) is 219 cm³/mol. The molecule has 1 aromatic carbocycles. The van der Waals surface area contributed by atoms with Gasteiger partial charge >= 0.3 is 11.7 Å². The highest BCUT2D eigenvalue weighted by Gasteiger charge is 2.20. The Kier molecular flexibility index (Phi) is 21.6. The minimum absolute atomic E-state index is 0.0405. The minimum atomic E-state index is -0.288. The van der Waals surface area contributed by atoms with E-state index < -0.39 is 0 Å². The number of hydrogen-bond donors (Lipinski definition) is 6. The Morgan fingerprint density at radius 3 is 2.16 bits per heavy atom. The number of ether oxygens (including phenoxy) is 1. The van der Waals surface area contributed by atoms with Crippen molar-refractivity contribution in [2.24, 2.45) is 11.8 Å². The molecule has 0 bridgehead atoms. The van der Waals surface area contributed by atoms with Gasteiger partial charge in [-0.2, -0.15) is 9.97 Å². The van der Waals surface area contributed by atoms with Crippen LogP contribution >= 0.6 is 0 Å². The summed E-state index contributed by atoms with van der Waals surface area (Å²) in [6.07, 6.45) is 13.1. The Hall–Kier alpha value is -4.54. The summed E-state index contributed by atoms with van der Waals surface area (Å²) in [6, 6.07) is 8.51. The van der Waals surface area contributed by atoms with Crippen LogP contribution in [0.2, 0.25) is 0 Å². The molecule has 3 heterocycles. The average Bonchev–Trinajstić information content (AvgIpc) is 3.50. The molecule has 0 unspecified atom stereocenters. The number of likely N-dealkylation sites (tertiary alicyclic amines) is 1. The third kappa shape index (κ3) is 17.1. The molecule has 1 aliphatic rings. The number of aromatic amines is 1. The van der Waals surface area contributed by atoms with E-state index in [9.17, 15) is 19.2 Å². The zero-order valence-corrected chi connectivity index (χ0v) is 33.8. The highest BCUT2D eigenvalue weighted by Crippen LogP contribution is 2.22. The van der Waals surface area contributed by atoms with Gasteiger partial charge in [0.15, 0.2) is 11.5 Å². The lowest BCUT2D eigenvalue weighted by atomic mass is 9.93. The van der Waals surface area contributed by atoms with Crippen LogP contribution in [0.1, 0.15) is 115 Å². The molecule has 8 N–H and O–H groups in total. The van der Waals surface area contributed by atoms with E-state index in [2.05, 4.69) is 91.6 Å². The molecule has 0 aliphatic carbocycles. The molecule has 56 heavy (non-hydrogen) atoms. The summed E-state index contributed by atoms with van der Waals surface area (Å²) in [5, 5.41) is 8.34. The van der Waals surface area contributed by atoms with Crippen LogP contribution in [0.4, 0.5) is 5.82 Å². The fraction of sp³-hybridized carbons (Fsp3) is 0.650. The van der Waals surface area contributed by atoms with Crippen molar-refractivity contribution in [1.82, 2.24) is 40.4 Å². The van der Waals surface area contributed by atoms with Crippen molar-refractivity contribution in [1.29, 1.82) is 0 Å². The van der Waals surface area contributed by atoms with Crippen LogP contribution < -0.4 is 38.0 Å². The Morgan fingerprint density at radius 1 is 0.821 bits per heavy atom. The molecule has 312 valence electrons. The van der Waals surface area contributed by atoms with E-state index in [-0.39, 0.29) is 48.4 Å². The van der Waals surface area contributed by atoms with Gasteiger partial charge in [-0.15, -0.1) is 0 Å². The lowest BCUT2D eigenvalue weighted by Crippen LogP contribution is -2.38. The van der Waals surface area contributed by atoms with E-state index in [0.29, 0.717) is 49.7 Å². The number of nitrogens with one attached hydrogen (secondary N) is 4. The Morgan fingerprint density at radius 2 is 1.48 bits per heavy atom.